The molecule has 1 aromatic heterocycles. The molecule has 0 spiro atoms. The fraction of sp³-hybridized carbons (Fsp3) is 0.524. The number of carbonyl (C=O) groups is 1. The number of carbonyl (C=O) groups excluding carboxylic acids is 1. The van der Waals surface area contributed by atoms with Crippen LogP contribution < -0.4 is 5.32 Å². The Morgan fingerprint density at radius 3 is 2.68 bits per heavy atom. The highest BCUT2D eigenvalue weighted by atomic mass is 16.5. The van der Waals surface area contributed by atoms with E-state index in [2.05, 4.69) is 17.4 Å². The molecule has 4 heteroatoms. The molecule has 1 saturated carbocycles. The number of unbranched alkanes of at least 4 members (excludes halogenated alkanes) is 1. The summed E-state index contributed by atoms with van der Waals surface area (Å²) >= 11 is 0. The second-order valence-corrected chi connectivity index (χ2v) is 7.12. The maximum Gasteiger partial charge on any atom is 0.223 e. The number of benzene rings is 1. The first-order valence-corrected chi connectivity index (χ1v) is 9.55. The Balaban J connectivity index is 1.45. The van der Waals surface area contributed by atoms with Crippen molar-refractivity contribution in [3.05, 3.63) is 42.2 Å². The number of amides is 1. The highest BCUT2D eigenvalue weighted by Crippen LogP contribution is 2.32. The van der Waals surface area contributed by atoms with Gasteiger partial charge in [-0.3, -0.25) is 4.79 Å². The third kappa shape index (κ3) is 4.94. The molecule has 0 saturated heterocycles. The first kappa shape index (κ1) is 17.7. The van der Waals surface area contributed by atoms with Crippen LogP contribution in [0.25, 0.3) is 11.3 Å². The largest absolute Gasteiger partial charge is 0.359 e. The van der Waals surface area contributed by atoms with E-state index in [1.165, 1.54) is 32.1 Å². The van der Waals surface area contributed by atoms with Crippen LogP contribution in [0.4, 0.5) is 0 Å². The van der Waals surface area contributed by atoms with Gasteiger partial charge in [0, 0.05) is 17.5 Å². The molecule has 3 rings (SSSR count). The average molecular weight is 340 g/mol. The summed E-state index contributed by atoms with van der Waals surface area (Å²) in [6, 6.07) is 11.8. The van der Waals surface area contributed by atoms with Crippen LogP contribution in [0.15, 0.2) is 40.9 Å². The van der Waals surface area contributed by atoms with Gasteiger partial charge in [0.15, 0.2) is 5.76 Å². The molecule has 1 aliphatic rings. The summed E-state index contributed by atoms with van der Waals surface area (Å²) in [5, 5.41) is 7.11. The minimum atomic E-state index is 0.159. The SMILES string of the molecule is CCCCC1CCC(C(=O)NCc2cc(-c3ccccc3)no2)CC1. The van der Waals surface area contributed by atoms with Crippen molar-refractivity contribution < 1.29 is 9.32 Å². The van der Waals surface area contributed by atoms with Crippen molar-refractivity contribution in [2.45, 2.75) is 58.4 Å². The van der Waals surface area contributed by atoms with Gasteiger partial charge in [-0.2, -0.15) is 0 Å². The number of nitrogens with one attached hydrogen (secondary N) is 1. The average Bonchev–Trinajstić information content (AvgIpc) is 3.14. The Hall–Kier alpha value is -2.10. The van der Waals surface area contributed by atoms with Crippen LogP contribution in [0.1, 0.15) is 57.6 Å². The summed E-state index contributed by atoms with van der Waals surface area (Å²) in [5.74, 6) is 1.84. The molecule has 1 aliphatic carbocycles. The van der Waals surface area contributed by atoms with Crippen molar-refractivity contribution in [3.8, 4) is 11.3 Å². The Morgan fingerprint density at radius 1 is 1.20 bits per heavy atom. The van der Waals surface area contributed by atoms with E-state index < -0.39 is 0 Å². The highest BCUT2D eigenvalue weighted by Gasteiger charge is 2.25. The van der Waals surface area contributed by atoms with E-state index in [4.69, 9.17) is 4.52 Å². The Morgan fingerprint density at radius 2 is 1.96 bits per heavy atom. The zero-order chi connectivity index (χ0) is 17.5. The van der Waals surface area contributed by atoms with Crippen LogP contribution in [0.5, 0.6) is 0 Å². The van der Waals surface area contributed by atoms with Crippen LogP contribution in [-0.2, 0) is 11.3 Å². The number of nitrogens with zero attached hydrogens (tertiary/aromatic N) is 1. The maximum atomic E-state index is 12.4. The molecule has 1 aromatic carbocycles. The number of hydrogen-bond acceptors (Lipinski definition) is 3. The van der Waals surface area contributed by atoms with Crippen molar-refractivity contribution in [3.63, 3.8) is 0 Å². The van der Waals surface area contributed by atoms with E-state index in [-0.39, 0.29) is 11.8 Å². The predicted molar refractivity (Wildman–Crippen MR) is 98.8 cm³/mol. The lowest BCUT2D eigenvalue weighted by atomic mass is 9.79. The summed E-state index contributed by atoms with van der Waals surface area (Å²) < 4.78 is 5.35. The van der Waals surface area contributed by atoms with E-state index in [1.807, 2.05) is 36.4 Å². The van der Waals surface area contributed by atoms with E-state index in [1.54, 1.807) is 0 Å². The fourth-order valence-corrected chi connectivity index (χ4v) is 3.67. The summed E-state index contributed by atoms with van der Waals surface area (Å²) in [6.45, 7) is 2.65. The molecule has 0 radical (unpaired) electrons. The topological polar surface area (TPSA) is 55.1 Å². The van der Waals surface area contributed by atoms with Crippen LogP contribution >= 0.6 is 0 Å². The van der Waals surface area contributed by atoms with Crippen molar-refractivity contribution in [2.75, 3.05) is 0 Å². The minimum absolute atomic E-state index is 0.159. The number of hydrogen-bond donors (Lipinski definition) is 1. The zero-order valence-corrected chi connectivity index (χ0v) is 15.0. The smallest absolute Gasteiger partial charge is 0.223 e. The molecular weight excluding hydrogens is 312 g/mol. The van der Waals surface area contributed by atoms with Crippen molar-refractivity contribution >= 4 is 5.91 Å². The van der Waals surface area contributed by atoms with E-state index in [9.17, 15) is 4.79 Å². The van der Waals surface area contributed by atoms with Gasteiger partial charge < -0.3 is 9.84 Å². The Bertz CT molecular complexity index is 658. The minimum Gasteiger partial charge on any atom is -0.359 e. The lowest BCUT2D eigenvalue weighted by Gasteiger charge is -2.27. The molecule has 25 heavy (non-hydrogen) atoms. The molecule has 0 bridgehead atoms. The van der Waals surface area contributed by atoms with Gasteiger partial charge >= 0.3 is 0 Å². The van der Waals surface area contributed by atoms with Gasteiger partial charge in [-0.1, -0.05) is 61.7 Å². The van der Waals surface area contributed by atoms with Gasteiger partial charge in [0.25, 0.3) is 0 Å². The fourth-order valence-electron chi connectivity index (χ4n) is 3.67. The third-order valence-electron chi connectivity index (χ3n) is 5.25. The molecule has 1 N–H and O–H groups in total. The van der Waals surface area contributed by atoms with Crippen LogP contribution in [0.2, 0.25) is 0 Å². The standard InChI is InChI=1S/C21H28N2O2/c1-2-3-7-16-10-12-18(13-11-16)21(24)22-15-19-14-20(23-25-19)17-8-5-4-6-9-17/h4-6,8-9,14,16,18H,2-3,7,10-13,15H2,1H3,(H,22,24). The van der Waals surface area contributed by atoms with Gasteiger partial charge in [0.1, 0.15) is 5.69 Å². The van der Waals surface area contributed by atoms with Crippen LogP contribution in [0, 0.1) is 11.8 Å². The molecule has 0 aliphatic heterocycles. The normalized spacial score (nSPS) is 20.4. The predicted octanol–water partition coefficient (Wildman–Crippen LogP) is 4.95. The number of rotatable bonds is 7. The first-order chi connectivity index (χ1) is 12.3. The molecule has 1 heterocycles. The van der Waals surface area contributed by atoms with Crippen molar-refractivity contribution in [1.82, 2.24) is 10.5 Å². The summed E-state index contributed by atoms with van der Waals surface area (Å²) in [7, 11) is 0. The van der Waals surface area contributed by atoms with Crippen molar-refractivity contribution in [2.24, 2.45) is 11.8 Å². The van der Waals surface area contributed by atoms with Gasteiger partial charge in [-0.05, 0) is 31.6 Å². The van der Waals surface area contributed by atoms with E-state index in [0.29, 0.717) is 12.3 Å². The molecule has 1 fully saturated rings. The number of aromatic nitrogens is 1. The van der Waals surface area contributed by atoms with E-state index in [0.717, 1.165) is 30.0 Å². The molecule has 1 amide bonds. The third-order valence-corrected chi connectivity index (χ3v) is 5.25. The molecule has 2 aromatic rings. The molecule has 134 valence electrons. The van der Waals surface area contributed by atoms with Gasteiger partial charge in [-0.15, -0.1) is 0 Å². The van der Waals surface area contributed by atoms with Gasteiger partial charge in [0.2, 0.25) is 5.91 Å². The lowest BCUT2D eigenvalue weighted by Crippen LogP contribution is -2.32. The summed E-state index contributed by atoms with van der Waals surface area (Å²) in [4.78, 5) is 12.4. The first-order valence-electron chi connectivity index (χ1n) is 9.55. The van der Waals surface area contributed by atoms with Crippen LogP contribution in [0.3, 0.4) is 0 Å². The highest BCUT2D eigenvalue weighted by molar-refractivity contribution is 5.78. The Labute approximate surface area is 150 Å². The van der Waals surface area contributed by atoms with Gasteiger partial charge in [0.05, 0.1) is 6.54 Å². The van der Waals surface area contributed by atoms with Gasteiger partial charge in [-0.25, -0.2) is 0 Å². The second-order valence-electron chi connectivity index (χ2n) is 7.12. The summed E-state index contributed by atoms with van der Waals surface area (Å²) in [6.07, 6.45) is 8.33. The monoisotopic (exact) mass is 340 g/mol. The van der Waals surface area contributed by atoms with Crippen molar-refractivity contribution in [1.29, 1.82) is 0 Å². The molecule has 4 nitrogen and oxygen atoms in total. The molecule has 0 unspecified atom stereocenters. The van der Waals surface area contributed by atoms with Crippen LogP contribution in [-0.4, -0.2) is 11.1 Å². The molecule has 0 atom stereocenters. The Kier molecular flexibility index (Phi) is 6.26. The molecular formula is C21H28N2O2. The quantitative estimate of drug-likeness (QED) is 0.775. The lowest BCUT2D eigenvalue weighted by molar-refractivity contribution is -0.126. The summed E-state index contributed by atoms with van der Waals surface area (Å²) in [5.41, 5.74) is 1.83. The zero-order valence-electron chi connectivity index (χ0n) is 15.0. The second kappa shape index (κ2) is 8.84. The maximum absolute atomic E-state index is 12.4. The van der Waals surface area contributed by atoms with E-state index >= 15 is 0 Å².